The minimum absolute atomic E-state index is 0.0144. The summed E-state index contributed by atoms with van der Waals surface area (Å²) in [6.07, 6.45) is 0.927. The van der Waals surface area contributed by atoms with Crippen LogP contribution in [0, 0.1) is 17.2 Å². The van der Waals surface area contributed by atoms with Crippen LogP contribution < -0.4 is 5.73 Å². The molecule has 1 aromatic rings. The third-order valence-electron chi connectivity index (χ3n) is 2.44. The zero-order valence-electron chi connectivity index (χ0n) is 10.3. The van der Waals surface area contributed by atoms with Crippen molar-refractivity contribution in [3.05, 3.63) is 16.1 Å². The molecule has 1 atom stereocenters. The van der Waals surface area contributed by atoms with E-state index in [1.54, 1.807) is 0 Å². The van der Waals surface area contributed by atoms with E-state index in [1.807, 2.05) is 19.2 Å². The molecule has 3 nitrogen and oxygen atoms in total. The zero-order valence-corrected chi connectivity index (χ0v) is 11.1. The van der Waals surface area contributed by atoms with Crippen molar-refractivity contribution in [1.82, 2.24) is 4.98 Å². The summed E-state index contributed by atoms with van der Waals surface area (Å²) in [6, 6.07) is 2.24. The highest BCUT2D eigenvalue weighted by atomic mass is 32.1. The van der Waals surface area contributed by atoms with Gasteiger partial charge in [-0.15, -0.1) is 11.3 Å². The molecule has 0 radical (unpaired) electrons. The molecule has 0 spiro atoms. The molecule has 0 aliphatic carbocycles. The molecule has 0 bridgehead atoms. The van der Waals surface area contributed by atoms with Gasteiger partial charge in [0, 0.05) is 11.4 Å². The summed E-state index contributed by atoms with van der Waals surface area (Å²) in [7, 11) is 0. The fraction of sp³-hybridized carbons (Fsp3) is 0.667. The molecule has 1 aromatic heterocycles. The lowest BCUT2D eigenvalue weighted by Crippen LogP contribution is -2.16. The number of rotatable bonds is 4. The summed E-state index contributed by atoms with van der Waals surface area (Å²) in [6.45, 7) is 8.05. The Labute approximate surface area is 101 Å². The van der Waals surface area contributed by atoms with Crippen LogP contribution in [0.25, 0.3) is 0 Å². The first-order valence-electron chi connectivity index (χ1n) is 5.49. The SMILES string of the molecule is CC(C)CC(N)c1csc(C(C)(C)C#N)n1. The Morgan fingerprint density at radius 2 is 2.19 bits per heavy atom. The first-order valence-corrected chi connectivity index (χ1v) is 6.37. The van der Waals surface area contributed by atoms with Gasteiger partial charge in [-0.1, -0.05) is 13.8 Å². The fourth-order valence-electron chi connectivity index (χ4n) is 1.42. The minimum atomic E-state index is -0.513. The van der Waals surface area contributed by atoms with E-state index in [4.69, 9.17) is 11.0 Å². The summed E-state index contributed by atoms with van der Waals surface area (Å²) in [5, 5.41) is 11.9. The van der Waals surface area contributed by atoms with Crippen LogP contribution >= 0.6 is 11.3 Å². The van der Waals surface area contributed by atoms with Crippen LogP contribution in [0.4, 0.5) is 0 Å². The molecule has 1 heterocycles. The maximum absolute atomic E-state index is 9.03. The standard InChI is InChI=1S/C12H19N3S/c1-8(2)5-9(14)10-6-16-11(15-10)12(3,4)7-13/h6,8-9H,5,14H2,1-4H3. The third-order valence-corrected chi connectivity index (χ3v) is 3.63. The Balaban J connectivity index is 2.84. The van der Waals surface area contributed by atoms with Gasteiger partial charge in [0.1, 0.15) is 10.4 Å². The lowest BCUT2D eigenvalue weighted by Gasteiger charge is -2.13. The van der Waals surface area contributed by atoms with E-state index < -0.39 is 5.41 Å². The maximum atomic E-state index is 9.03. The maximum Gasteiger partial charge on any atom is 0.113 e. The second kappa shape index (κ2) is 4.94. The van der Waals surface area contributed by atoms with Gasteiger partial charge in [-0.2, -0.15) is 5.26 Å². The van der Waals surface area contributed by atoms with Crippen LogP contribution in [0.15, 0.2) is 5.38 Å². The van der Waals surface area contributed by atoms with Crippen LogP contribution in [0.2, 0.25) is 0 Å². The van der Waals surface area contributed by atoms with Gasteiger partial charge in [-0.25, -0.2) is 4.98 Å². The van der Waals surface area contributed by atoms with Crippen molar-refractivity contribution in [2.24, 2.45) is 11.7 Å². The van der Waals surface area contributed by atoms with Gasteiger partial charge < -0.3 is 5.73 Å². The topological polar surface area (TPSA) is 62.7 Å². The Morgan fingerprint density at radius 1 is 1.56 bits per heavy atom. The molecule has 0 aliphatic heterocycles. The second-order valence-corrected chi connectivity index (χ2v) is 5.91. The van der Waals surface area contributed by atoms with Crippen molar-refractivity contribution in [3.8, 4) is 6.07 Å². The molecule has 0 saturated heterocycles. The highest BCUT2D eigenvalue weighted by molar-refractivity contribution is 7.09. The number of nitrogens with two attached hydrogens (primary N) is 1. The molecule has 2 N–H and O–H groups in total. The number of nitriles is 1. The molecule has 88 valence electrons. The molecule has 0 amide bonds. The lowest BCUT2D eigenvalue weighted by atomic mass is 9.97. The predicted molar refractivity (Wildman–Crippen MR) is 67.1 cm³/mol. The number of hydrogen-bond acceptors (Lipinski definition) is 4. The van der Waals surface area contributed by atoms with E-state index >= 15 is 0 Å². The van der Waals surface area contributed by atoms with E-state index in [9.17, 15) is 0 Å². The summed E-state index contributed by atoms with van der Waals surface area (Å²) in [5.74, 6) is 0.559. The zero-order chi connectivity index (χ0) is 12.3. The molecule has 0 fully saturated rings. The molecule has 0 saturated carbocycles. The van der Waals surface area contributed by atoms with Crippen LogP contribution in [0.5, 0.6) is 0 Å². The van der Waals surface area contributed by atoms with E-state index in [0.29, 0.717) is 5.92 Å². The van der Waals surface area contributed by atoms with Crippen molar-refractivity contribution in [2.45, 2.75) is 45.6 Å². The molecule has 1 rings (SSSR count). The molecule has 16 heavy (non-hydrogen) atoms. The number of hydrogen-bond donors (Lipinski definition) is 1. The second-order valence-electron chi connectivity index (χ2n) is 5.05. The van der Waals surface area contributed by atoms with E-state index in [-0.39, 0.29) is 6.04 Å². The Hall–Kier alpha value is -0.920. The smallest absolute Gasteiger partial charge is 0.113 e. The first-order chi connectivity index (χ1) is 7.36. The molecule has 4 heteroatoms. The number of thiazole rings is 1. The van der Waals surface area contributed by atoms with Gasteiger partial charge >= 0.3 is 0 Å². The van der Waals surface area contributed by atoms with Gasteiger partial charge in [-0.3, -0.25) is 0 Å². The quantitative estimate of drug-likeness (QED) is 0.875. The van der Waals surface area contributed by atoms with Crippen molar-refractivity contribution in [3.63, 3.8) is 0 Å². The lowest BCUT2D eigenvalue weighted by molar-refractivity contribution is 0.501. The van der Waals surface area contributed by atoms with Gasteiger partial charge in [0.05, 0.1) is 11.8 Å². The summed E-state index contributed by atoms with van der Waals surface area (Å²) >= 11 is 1.52. The van der Waals surface area contributed by atoms with Gasteiger partial charge in [-0.05, 0) is 26.2 Å². The van der Waals surface area contributed by atoms with Gasteiger partial charge in [0.25, 0.3) is 0 Å². The van der Waals surface area contributed by atoms with Crippen LogP contribution in [0.3, 0.4) is 0 Å². The van der Waals surface area contributed by atoms with Crippen molar-refractivity contribution < 1.29 is 0 Å². The molecule has 0 aromatic carbocycles. The third kappa shape index (κ3) is 3.03. The molecular formula is C12H19N3S. The largest absolute Gasteiger partial charge is 0.323 e. The molecule has 0 aliphatic rings. The van der Waals surface area contributed by atoms with Crippen LogP contribution in [-0.4, -0.2) is 4.98 Å². The Bertz CT molecular complexity index is 387. The average Bonchev–Trinajstić information content (AvgIpc) is 2.66. The number of aromatic nitrogens is 1. The monoisotopic (exact) mass is 237 g/mol. The minimum Gasteiger partial charge on any atom is -0.323 e. The normalized spacial score (nSPS) is 13.8. The average molecular weight is 237 g/mol. The van der Waals surface area contributed by atoms with Crippen molar-refractivity contribution in [2.75, 3.05) is 0 Å². The molecule has 1 unspecified atom stereocenters. The van der Waals surface area contributed by atoms with E-state index in [1.165, 1.54) is 11.3 Å². The van der Waals surface area contributed by atoms with E-state index in [0.717, 1.165) is 17.1 Å². The summed E-state index contributed by atoms with van der Waals surface area (Å²) < 4.78 is 0. The fourth-order valence-corrected chi connectivity index (χ4v) is 2.38. The number of nitrogens with zero attached hydrogens (tertiary/aromatic N) is 2. The highest BCUT2D eigenvalue weighted by Crippen LogP contribution is 2.28. The Morgan fingerprint density at radius 3 is 2.69 bits per heavy atom. The Kier molecular flexibility index (Phi) is 4.06. The summed E-state index contributed by atoms with van der Waals surface area (Å²) in [5.41, 5.74) is 6.46. The van der Waals surface area contributed by atoms with Crippen molar-refractivity contribution >= 4 is 11.3 Å². The van der Waals surface area contributed by atoms with Gasteiger partial charge in [0.15, 0.2) is 0 Å². The predicted octanol–water partition coefficient (Wildman–Crippen LogP) is 2.99. The van der Waals surface area contributed by atoms with E-state index in [2.05, 4.69) is 24.9 Å². The molecular weight excluding hydrogens is 218 g/mol. The van der Waals surface area contributed by atoms with Crippen molar-refractivity contribution in [1.29, 1.82) is 5.26 Å². The van der Waals surface area contributed by atoms with Gasteiger partial charge in [0.2, 0.25) is 0 Å². The highest BCUT2D eigenvalue weighted by Gasteiger charge is 2.24. The first kappa shape index (κ1) is 13.1. The van der Waals surface area contributed by atoms with Crippen LogP contribution in [-0.2, 0) is 5.41 Å². The summed E-state index contributed by atoms with van der Waals surface area (Å²) in [4.78, 5) is 4.48. The van der Waals surface area contributed by atoms with Crippen LogP contribution in [0.1, 0.15) is 50.9 Å².